The summed E-state index contributed by atoms with van der Waals surface area (Å²) in [6.45, 7) is 7.54. The molecule has 112 valence electrons. The molecule has 2 aliphatic rings. The van der Waals surface area contributed by atoms with Gasteiger partial charge < -0.3 is 14.8 Å². The average Bonchev–Trinajstić information content (AvgIpc) is 3.05. The third kappa shape index (κ3) is 4.73. The van der Waals surface area contributed by atoms with Gasteiger partial charge in [0.1, 0.15) is 0 Å². The van der Waals surface area contributed by atoms with Crippen LogP contribution in [0.15, 0.2) is 0 Å². The minimum atomic E-state index is 0.428. The molecule has 0 aliphatic carbocycles. The van der Waals surface area contributed by atoms with Gasteiger partial charge in [-0.2, -0.15) is 0 Å². The van der Waals surface area contributed by atoms with Gasteiger partial charge in [0.2, 0.25) is 0 Å². The lowest BCUT2D eigenvalue weighted by atomic mass is 9.89. The highest BCUT2D eigenvalue weighted by Crippen LogP contribution is 2.27. The molecule has 0 aromatic heterocycles. The zero-order valence-corrected chi connectivity index (χ0v) is 12.7. The molecule has 0 spiro atoms. The minimum absolute atomic E-state index is 0.428. The van der Waals surface area contributed by atoms with Crippen molar-refractivity contribution in [3.05, 3.63) is 0 Å². The quantitative estimate of drug-likeness (QED) is 0.734. The van der Waals surface area contributed by atoms with Crippen LogP contribution >= 0.6 is 0 Å². The second kappa shape index (κ2) is 8.23. The smallest absolute Gasteiger partial charge is 0.0590 e. The second-order valence-electron chi connectivity index (χ2n) is 6.15. The highest BCUT2D eigenvalue weighted by molar-refractivity contribution is 4.84. The summed E-state index contributed by atoms with van der Waals surface area (Å²) >= 11 is 0. The summed E-state index contributed by atoms with van der Waals surface area (Å²) < 4.78 is 11.5. The molecule has 2 saturated heterocycles. The van der Waals surface area contributed by atoms with Crippen LogP contribution in [0.2, 0.25) is 0 Å². The van der Waals surface area contributed by atoms with Crippen LogP contribution in [0.5, 0.6) is 0 Å². The lowest BCUT2D eigenvalue weighted by Gasteiger charge is -2.27. The lowest BCUT2D eigenvalue weighted by molar-refractivity contribution is 0.0884. The minimum Gasteiger partial charge on any atom is -0.378 e. The maximum absolute atomic E-state index is 5.74. The van der Waals surface area contributed by atoms with Crippen LogP contribution in [0.4, 0.5) is 0 Å². The summed E-state index contributed by atoms with van der Waals surface area (Å²) in [7, 11) is 0. The molecule has 4 unspecified atom stereocenters. The lowest BCUT2D eigenvalue weighted by Crippen LogP contribution is -2.39. The van der Waals surface area contributed by atoms with E-state index >= 15 is 0 Å². The Morgan fingerprint density at radius 3 is 2.74 bits per heavy atom. The first-order chi connectivity index (χ1) is 9.31. The first-order valence-corrected chi connectivity index (χ1v) is 8.28. The molecular weight excluding hydrogens is 238 g/mol. The van der Waals surface area contributed by atoms with Gasteiger partial charge in [0, 0.05) is 25.2 Å². The average molecular weight is 269 g/mol. The summed E-state index contributed by atoms with van der Waals surface area (Å²) in [5, 5.41) is 3.75. The van der Waals surface area contributed by atoms with Crippen molar-refractivity contribution in [1.82, 2.24) is 5.32 Å². The Hall–Kier alpha value is -0.120. The van der Waals surface area contributed by atoms with Crippen molar-refractivity contribution in [2.75, 3.05) is 19.8 Å². The number of hydrogen-bond donors (Lipinski definition) is 1. The van der Waals surface area contributed by atoms with Crippen LogP contribution < -0.4 is 5.32 Å². The van der Waals surface area contributed by atoms with Crippen molar-refractivity contribution >= 4 is 0 Å². The molecule has 3 nitrogen and oxygen atoms in total. The maximum atomic E-state index is 5.74. The van der Waals surface area contributed by atoms with Crippen LogP contribution in [0, 0.1) is 5.92 Å². The van der Waals surface area contributed by atoms with Crippen molar-refractivity contribution in [2.24, 2.45) is 5.92 Å². The molecule has 0 aromatic rings. The van der Waals surface area contributed by atoms with E-state index < -0.39 is 0 Å². The summed E-state index contributed by atoms with van der Waals surface area (Å²) in [4.78, 5) is 0. The van der Waals surface area contributed by atoms with Gasteiger partial charge in [-0.15, -0.1) is 0 Å². The fraction of sp³-hybridized carbons (Fsp3) is 1.00. The van der Waals surface area contributed by atoms with Crippen LogP contribution in [0.3, 0.4) is 0 Å². The predicted molar refractivity (Wildman–Crippen MR) is 78.4 cm³/mol. The molecule has 0 radical (unpaired) electrons. The molecule has 0 bridgehead atoms. The van der Waals surface area contributed by atoms with E-state index in [0.29, 0.717) is 24.2 Å². The fourth-order valence-electron chi connectivity index (χ4n) is 3.51. The van der Waals surface area contributed by atoms with Crippen LogP contribution in [-0.4, -0.2) is 38.0 Å². The van der Waals surface area contributed by atoms with Gasteiger partial charge in [0.05, 0.1) is 12.2 Å². The summed E-state index contributed by atoms with van der Waals surface area (Å²) in [5.74, 6) is 0.705. The molecule has 0 aromatic carbocycles. The fourth-order valence-corrected chi connectivity index (χ4v) is 3.51. The number of nitrogens with one attached hydrogen (secondary N) is 1. The zero-order valence-electron chi connectivity index (χ0n) is 12.7. The summed E-state index contributed by atoms with van der Waals surface area (Å²) in [5.41, 5.74) is 0. The highest BCUT2D eigenvalue weighted by atomic mass is 16.5. The largest absolute Gasteiger partial charge is 0.378 e. The Morgan fingerprint density at radius 2 is 2.11 bits per heavy atom. The number of ether oxygens (including phenoxy) is 2. The van der Waals surface area contributed by atoms with Crippen molar-refractivity contribution in [3.63, 3.8) is 0 Å². The first-order valence-electron chi connectivity index (χ1n) is 8.28. The number of rotatable bonds is 8. The molecule has 1 N–H and O–H groups in total. The van der Waals surface area contributed by atoms with Gasteiger partial charge in [0.15, 0.2) is 0 Å². The Morgan fingerprint density at radius 1 is 1.21 bits per heavy atom. The van der Waals surface area contributed by atoms with Crippen molar-refractivity contribution in [3.8, 4) is 0 Å². The zero-order chi connectivity index (χ0) is 13.5. The SMILES string of the molecule is CCCNC(CCCC1CCCO1)C1CCOC1C. The molecular formula is C16H31NO2. The van der Waals surface area contributed by atoms with Crippen LogP contribution in [-0.2, 0) is 9.47 Å². The Labute approximate surface area is 118 Å². The van der Waals surface area contributed by atoms with Gasteiger partial charge in [-0.1, -0.05) is 6.92 Å². The van der Waals surface area contributed by atoms with Crippen molar-refractivity contribution in [1.29, 1.82) is 0 Å². The van der Waals surface area contributed by atoms with Gasteiger partial charge in [-0.25, -0.2) is 0 Å². The molecule has 19 heavy (non-hydrogen) atoms. The standard InChI is InChI=1S/C16H31NO2/c1-3-10-17-16(15-9-12-18-13(15)2)8-4-6-14-7-5-11-19-14/h13-17H,3-12H2,1-2H3. The molecule has 3 heteroatoms. The van der Waals surface area contributed by atoms with Gasteiger partial charge in [-0.05, 0) is 58.4 Å². The molecule has 0 saturated carbocycles. The van der Waals surface area contributed by atoms with E-state index in [2.05, 4.69) is 19.2 Å². The highest BCUT2D eigenvalue weighted by Gasteiger charge is 2.31. The van der Waals surface area contributed by atoms with E-state index in [4.69, 9.17) is 9.47 Å². The van der Waals surface area contributed by atoms with Gasteiger partial charge in [0.25, 0.3) is 0 Å². The molecule has 2 heterocycles. The van der Waals surface area contributed by atoms with E-state index in [-0.39, 0.29) is 0 Å². The summed E-state index contributed by atoms with van der Waals surface area (Å²) in [6.07, 6.45) is 9.75. The van der Waals surface area contributed by atoms with E-state index in [1.807, 2.05) is 0 Å². The van der Waals surface area contributed by atoms with Gasteiger partial charge >= 0.3 is 0 Å². The monoisotopic (exact) mass is 269 g/mol. The van der Waals surface area contributed by atoms with Crippen molar-refractivity contribution in [2.45, 2.75) is 77.0 Å². The molecule has 2 aliphatic heterocycles. The second-order valence-corrected chi connectivity index (χ2v) is 6.15. The number of hydrogen-bond acceptors (Lipinski definition) is 3. The van der Waals surface area contributed by atoms with Gasteiger partial charge in [-0.3, -0.25) is 0 Å². The molecule has 0 amide bonds. The van der Waals surface area contributed by atoms with E-state index in [9.17, 15) is 0 Å². The molecule has 2 rings (SSSR count). The van der Waals surface area contributed by atoms with E-state index in [1.165, 1.54) is 44.9 Å². The third-order valence-electron chi connectivity index (χ3n) is 4.67. The Balaban J connectivity index is 1.72. The topological polar surface area (TPSA) is 30.5 Å². The van der Waals surface area contributed by atoms with E-state index in [0.717, 1.165) is 19.8 Å². The van der Waals surface area contributed by atoms with Crippen LogP contribution in [0.25, 0.3) is 0 Å². The normalized spacial score (nSPS) is 32.8. The molecule has 2 fully saturated rings. The third-order valence-corrected chi connectivity index (χ3v) is 4.67. The molecule has 4 atom stereocenters. The van der Waals surface area contributed by atoms with Crippen molar-refractivity contribution < 1.29 is 9.47 Å². The van der Waals surface area contributed by atoms with E-state index in [1.54, 1.807) is 0 Å². The first kappa shape index (κ1) is 15.3. The predicted octanol–water partition coefficient (Wildman–Crippen LogP) is 3.13. The Kier molecular flexibility index (Phi) is 6.62. The summed E-state index contributed by atoms with van der Waals surface area (Å²) in [6, 6.07) is 0.638. The maximum Gasteiger partial charge on any atom is 0.0590 e. The van der Waals surface area contributed by atoms with Crippen LogP contribution in [0.1, 0.15) is 58.8 Å². The Bertz CT molecular complexity index is 241.